The molecular formula is C26H28O4. The molecule has 0 aliphatic heterocycles. The van der Waals surface area contributed by atoms with E-state index < -0.39 is 0 Å². The molecule has 0 heterocycles. The minimum absolute atomic E-state index is 0.299. The molecule has 30 heavy (non-hydrogen) atoms. The number of para-hydroxylation sites is 1. The van der Waals surface area contributed by atoms with Gasteiger partial charge >= 0.3 is 0 Å². The van der Waals surface area contributed by atoms with Gasteiger partial charge in [-0.25, -0.2) is 0 Å². The summed E-state index contributed by atoms with van der Waals surface area (Å²) in [6.07, 6.45) is 7.08. The number of rotatable bonds is 10. The van der Waals surface area contributed by atoms with Crippen LogP contribution < -0.4 is 9.47 Å². The molecule has 2 aromatic rings. The van der Waals surface area contributed by atoms with Gasteiger partial charge in [0.05, 0.1) is 12.4 Å². The highest BCUT2D eigenvalue weighted by atomic mass is 16.7. The fourth-order valence-corrected chi connectivity index (χ4v) is 3.47. The summed E-state index contributed by atoms with van der Waals surface area (Å²) in [5.41, 5.74) is 2.84. The third-order valence-corrected chi connectivity index (χ3v) is 5.21. The minimum Gasteiger partial charge on any atom is -0.491 e. The predicted octanol–water partition coefficient (Wildman–Crippen LogP) is 6.42. The fourth-order valence-electron chi connectivity index (χ4n) is 3.47. The lowest BCUT2D eigenvalue weighted by molar-refractivity contribution is -0.110. The summed E-state index contributed by atoms with van der Waals surface area (Å²) in [7, 11) is 0. The molecule has 156 valence electrons. The monoisotopic (exact) mass is 404 g/mol. The Balaban J connectivity index is 1.14. The van der Waals surface area contributed by atoms with Crippen molar-refractivity contribution in [3.8, 4) is 17.2 Å². The average Bonchev–Trinajstić information content (AvgIpc) is 3.50. The van der Waals surface area contributed by atoms with Crippen molar-refractivity contribution >= 4 is 0 Å². The van der Waals surface area contributed by atoms with E-state index in [1.54, 1.807) is 0 Å². The second kappa shape index (κ2) is 9.68. The van der Waals surface area contributed by atoms with Crippen LogP contribution in [-0.4, -0.2) is 19.5 Å². The van der Waals surface area contributed by atoms with Crippen molar-refractivity contribution in [2.45, 2.75) is 32.5 Å². The van der Waals surface area contributed by atoms with E-state index >= 15 is 0 Å². The summed E-state index contributed by atoms with van der Waals surface area (Å²) in [6.45, 7) is 6.88. The molecule has 0 aromatic heterocycles. The normalized spacial score (nSPS) is 18.8. The summed E-state index contributed by atoms with van der Waals surface area (Å²) in [4.78, 5) is 0. The number of hydrogen-bond acceptors (Lipinski definition) is 4. The standard InChI is InChI=1S/C26H28O4/c1-19-18-26(19)21-8-10-24(11-9-21)29-20(2)27-16-17-28-22-12-14-25(15-13-22)30-23-6-4-3-5-7-23/h3-8,10,12-15,20,26H,1,9,11,16-18H2,2H3. The molecule has 0 N–H and O–H groups in total. The Bertz CT molecular complexity index is 912. The van der Waals surface area contributed by atoms with E-state index in [1.807, 2.05) is 61.5 Å². The third kappa shape index (κ3) is 5.77. The van der Waals surface area contributed by atoms with Gasteiger partial charge in [-0.05, 0) is 62.2 Å². The van der Waals surface area contributed by atoms with Gasteiger partial charge in [0, 0.05) is 12.3 Å². The molecule has 0 spiro atoms. The van der Waals surface area contributed by atoms with Crippen LogP contribution in [0.1, 0.15) is 26.2 Å². The number of ether oxygens (including phenoxy) is 4. The van der Waals surface area contributed by atoms with Crippen molar-refractivity contribution in [1.82, 2.24) is 0 Å². The maximum atomic E-state index is 5.89. The molecule has 0 amide bonds. The van der Waals surface area contributed by atoms with E-state index in [0.29, 0.717) is 19.1 Å². The fraction of sp³-hybridized carbons (Fsp3) is 0.308. The van der Waals surface area contributed by atoms with E-state index in [4.69, 9.17) is 18.9 Å². The second-order valence-electron chi connectivity index (χ2n) is 7.58. The molecule has 4 heteroatoms. The number of allylic oxidation sites excluding steroid dienone is 5. The maximum absolute atomic E-state index is 5.89. The van der Waals surface area contributed by atoms with Crippen LogP contribution in [0.3, 0.4) is 0 Å². The lowest BCUT2D eigenvalue weighted by atomic mass is 9.99. The smallest absolute Gasteiger partial charge is 0.196 e. The Morgan fingerprint density at radius 2 is 1.60 bits per heavy atom. The molecule has 0 bridgehead atoms. The lowest BCUT2D eigenvalue weighted by Gasteiger charge is -2.20. The van der Waals surface area contributed by atoms with Crippen molar-refractivity contribution in [2.24, 2.45) is 5.92 Å². The molecule has 4 nitrogen and oxygen atoms in total. The highest BCUT2D eigenvalue weighted by molar-refractivity contribution is 5.37. The highest BCUT2D eigenvalue weighted by Gasteiger charge is 2.31. The van der Waals surface area contributed by atoms with Gasteiger partial charge in [-0.1, -0.05) is 42.0 Å². The van der Waals surface area contributed by atoms with Crippen molar-refractivity contribution in [2.75, 3.05) is 13.2 Å². The zero-order chi connectivity index (χ0) is 20.8. The molecule has 2 unspecified atom stereocenters. The first-order valence-corrected chi connectivity index (χ1v) is 10.5. The topological polar surface area (TPSA) is 36.9 Å². The Hall–Kier alpha value is -2.98. The van der Waals surface area contributed by atoms with Gasteiger partial charge in [-0.2, -0.15) is 0 Å². The molecule has 0 radical (unpaired) electrons. The van der Waals surface area contributed by atoms with Crippen LogP contribution in [0.15, 0.2) is 90.2 Å². The minimum atomic E-state index is -0.299. The zero-order valence-corrected chi connectivity index (χ0v) is 17.4. The van der Waals surface area contributed by atoms with E-state index in [-0.39, 0.29) is 6.29 Å². The SMILES string of the molecule is C=C1CC1C1=CC=C(OC(C)OCCOc2ccc(Oc3ccccc3)cc2)CC1. The molecule has 1 saturated carbocycles. The van der Waals surface area contributed by atoms with Gasteiger partial charge in [0.25, 0.3) is 0 Å². The van der Waals surface area contributed by atoms with Crippen LogP contribution >= 0.6 is 0 Å². The predicted molar refractivity (Wildman–Crippen MR) is 118 cm³/mol. The number of hydrogen-bond donors (Lipinski definition) is 0. The van der Waals surface area contributed by atoms with Crippen LogP contribution in [0.5, 0.6) is 17.2 Å². The lowest BCUT2D eigenvalue weighted by Crippen LogP contribution is -2.17. The van der Waals surface area contributed by atoms with Crippen LogP contribution in [0.4, 0.5) is 0 Å². The molecule has 2 aliphatic carbocycles. The first-order valence-electron chi connectivity index (χ1n) is 10.5. The van der Waals surface area contributed by atoms with E-state index in [0.717, 1.165) is 42.3 Å². The molecule has 4 rings (SSSR count). The Labute approximate surface area is 178 Å². The van der Waals surface area contributed by atoms with E-state index in [2.05, 4.69) is 18.7 Å². The van der Waals surface area contributed by atoms with Gasteiger partial charge < -0.3 is 18.9 Å². The quantitative estimate of drug-likeness (QED) is 0.260. The van der Waals surface area contributed by atoms with Crippen molar-refractivity contribution < 1.29 is 18.9 Å². The second-order valence-corrected chi connectivity index (χ2v) is 7.58. The van der Waals surface area contributed by atoms with Gasteiger partial charge in [-0.15, -0.1) is 0 Å². The van der Waals surface area contributed by atoms with Crippen molar-refractivity contribution in [3.63, 3.8) is 0 Å². The van der Waals surface area contributed by atoms with Crippen molar-refractivity contribution in [3.05, 3.63) is 90.2 Å². The molecule has 1 fully saturated rings. The summed E-state index contributed by atoms with van der Waals surface area (Å²) in [5, 5.41) is 0. The zero-order valence-electron chi connectivity index (χ0n) is 17.4. The van der Waals surface area contributed by atoms with E-state index in [1.165, 1.54) is 11.1 Å². The van der Waals surface area contributed by atoms with Gasteiger partial charge in [0.2, 0.25) is 0 Å². The van der Waals surface area contributed by atoms with Gasteiger partial charge in [0.15, 0.2) is 6.29 Å². The van der Waals surface area contributed by atoms with E-state index in [9.17, 15) is 0 Å². The Morgan fingerprint density at radius 3 is 2.27 bits per heavy atom. The van der Waals surface area contributed by atoms with Gasteiger partial charge in [-0.3, -0.25) is 0 Å². The summed E-state index contributed by atoms with van der Waals surface area (Å²) >= 11 is 0. The van der Waals surface area contributed by atoms with Crippen LogP contribution in [-0.2, 0) is 9.47 Å². The van der Waals surface area contributed by atoms with Crippen LogP contribution in [0, 0.1) is 5.92 Å². The first-order chi connectivity index (χ1) is 14.7. The third-order valence-electron chi connectivity index (χ3n) is 5.21. The summed E-state index contributed by atoms with van der Waals surface area (Å²) in [6, 6.07) is 17.3. The molecule has 2 aliphatic rings. The van der Waals surface area contributed by atoms with Crippen LogP contribution in [0.2, 0.25) is 0 Å². The Kier molecular flexibility index (Phi) is 6.55. The highest BCUT2D eigenvalue weighted by Crippen LogP contribution is 2.45. The van der Waals surface area contributed by atoms with Crippen LogP contribution in [0.25, 0.3) is 0 Å². The maximum Gasteiger partial charge on any atom is 0.196 e. The largest absolute Gasteiger partial charge is 0.491 e. The molecular weight excluding hydrogens is 376 g/mol. The van der Waals surface area contributed by atoms with Crippen molar-refractivity contribution in [1.29, 1.82) is 0 Å². The number of benzene rings is 2. The molecule has 0 saturated heterocycles. The first kappa shape index (κ1) is 20.3. The summed E-state index contributed by atoms with van der Waals surface area (Å²) < 4.78 is 23.1. The Morgan fingerprint density at radius 1 is 0.900 bits per heavy atom. The summed E-state index contributed by atoms with van der Waals surface area (Å²) in [5.74, 6) is 3.96. The van der Waals surface area contributed by atoms with Gasteiger partial charge in [0.1, 0.15) is 23.9 Å². The average molecular weight is 405 g/mol. The molecule has 2 atom stereocenters. The molecule has 2 aromatic carbocycles.